The maximum atomic E-state index is 14.4. The van der Waals surface area contributed by atoms with Gasteiger partial charge in [-0.3, -0.25) is 4.79 Å². The molecule has 0 aromatic heterocycles. The van der Waals surface area contributed by atoms with Gasteiger partial charge in [-0.25, -0.2) is 8.78 Å². The third-order valence-corrected chi connectivity index (χ3v) is 8.50. The Morgan fingerprint density at radius 3 is 2.31 bits per heavy atom. The van der Waals surface area contributed by atoms with Crippen molar-refractivity contribution < 1.29 is 13.6 Å². The Kier molecular flexibility index (Phi) is 8.30. The molecule has 0 radical (unpaired) electrons. The maximum absolute atomic E-state index is 14.4. The van der Waals surface area contributed by atoms with Crippen molar-refractivity contribution in [3.8, 4) is 0 Å². The third-order valence-electron chi connectivity index (χ3n) is 8.50. The molecule has 0 aliphatic heterocycles. The number of alkyl halides is 2. The predicted octanol–water partition coefficient (Wildman–Crippen LogP) is 9.14. The number of rotatable bonds is 7. The summed E-state index contributed by atoms with van der Waals surface area (Å²) in [5.41, 5.74) is 7.54. The van der Waals surface area contributed by atoms with Crippen LogP contribution in [0.1, 0.15) is 96.7 Å². The van der Waals surface area contributed by atoms with E-state index in [1.807, 2.05) is 6.08 Å². The number of hydrogen-bond donors (Lipinski definition) is 1. The number of allylic oxidation sites excluding steroid dienone is 1. The Labute approximate surface area is 231 Å². The van der Waals surface area contributed by atoms with E-state index in [0.717, 1.165) is 30.0 Å². The van der Waals surface area contributed by atoms with Gasteiger partial charge in [-0.1, -0.05) is 80.3 Å². The summed E-state index contributed by atoms with van der Waals surface area (Å²) in [6.07, 6.45) is 12.8. The second-order valence-electron chi connectivity index (χ2n) is 11.5. The molecule has 1 saturated carbocycles. The zero-order valence-electron chi connectivity index (χ0n) is 23.1. The first-order valence-corrected chi connectivity index (χ1v) is 14.4. The molecule has 204 valence electrons. The van der Waals surface area contributed by atoms with Crippen LogP contribution in [-0.2, 0) is 23.6 Å². The van der Waals surface area contributed by atoms with E-state index >= 15 is 0 Å². The van der Waals surface area contributed by atoms with Crippen LogP contribution in [0.5, 0.6) is 0 Å². The van der Waals surface area contributed by atoms with Crippen LogP contribution < -0.4 is 5.32 Å². The predicted molar refractivity (Wildman–Crippen MR) is 157 cm³/mol. The largest absolute Gasteiger partial charge is 0.382 e. The highest BCUT2D eigenvalue weighted by atomic mass is 19.3. The summed E-state index contributed by atoms with van der Waals surface area (Å²) in [4.78, 5) is 12.7. The van der Waals surface area contributed by atoms with Gasteiger partial charge in [0, 0.05) is 30.6 Å². The number of benzene rings is 3. The monoisotopic (exact) mass is 527 g/mol. The van der Waals surface area contributed by atoms with Gasteiger partial charge in [0.05, 0.1) is 0 Å². The average molecular weight is 528 g/mol. The molecule has 0 amide bonds. The number of carbonyl (C=O) groups is 1. The Hall–Kier alpha value is -3.27. The topological polar surface area (TPSA) is 29.1 Å². The molecule has 1 fully saturated rings. The van der Waals surface area contributed by atoms with E-state index in [0.29, 0.717) is 24.4 Å². The van der Waals surface area contributed by atoms with E-state index in [4.69, 9.17) is 0 Å². The van der Waals surface area contributed by atoms with Crippen molar-refractivity contribution in [3.05, 3.63) is 106 Å². The Morgan fingerprint density at radius 2 is 1.59 bits per heavy atom. The van der Waals surface area contributed by atoms with E-state index in [2.05, 4.69) is 48.6 Å². The van der Waals surface area contributed by atoms with Gasteiger partial charge >= 0.3 is 0 Å². The number of fused-ring (bicyclic) bond motifs is 1. The Bertz CT molecular complexity index is 1330. The molecule has 1 atom stereocenters. The Balaban J connectivity index is 1.39. The molecule has 1 N–H and O–H groups in total. The zero-order valence-corrected chi connectivity index (χ0v) is 23.1. The van der Waals surface area contributed by atoms with E-state index in [-0.39, 0.29) is 17.3 Å². The lowest BCUT2D eigenvalue weighted by Crippen LogP contribution is -2.18. The first-order chi connectivity index (χ1) is 18.8. The van der Waals surface area contributed by atoms with Crippen molar-refractivity contribution in [2.75, 3.05) is 5.32 Å². The number of nitrogens with one attached hydrogen (secondary N) is 1. The lowest BCUT2D eigenvalue weighted by atomic mass is 9.81. The highest BCUT2D eigenvalue weighted by Gasteiger charge is 2.30. The number of hydrogen-bond acceptors (Lipinski definition) is 2. The van der Waals surface area contributed by atoms with Crippen LogP contribution in [0.15, 0.2) is 66.7 Å². The van der Waals surface area contributed by atoms with E-state index < -0.39 is 5.92 Å². The number of anilines is 1. The second-order valence-corrected chi connectivity index (χ2v) is 11.5. The van der Waals surface area contributed by atoms with Crippen molar-refractivity contribution in [3.63, 3.8) is 0 Å². The molecule has 2 aliphatic carbocycles. The van der Waals surface area contributed by atoms with E-state index in [1.165, 1.54) is 61.4 Å². The number of carbonyl (C=O) groups excluding carboxylic acids is 1. The molecule has 39 heavy (non-hydrogen) atoms. The van der Waals surface area contributed by atoms with Crippen LogP contribution >= 0.6 is 0 Å². The molecular formula is C35H39F2NO. The average Bonchev–Trinajstić information content (AvgIpc) is 3.26. The van der Waals surface area contributed by atoms with E-state index in [1.54, 1.807) is 24.3 Å². The van der Waals surface area contributed by atoms with Gasteiger partial charge in [0.2, 0.25) is 0 Å². The van der Waals surface area contributed by atoms with Gasteiger partial charge < -0.3 is 5.32 Å². The molecule has 4 heteroatoms. The first-order valence-electron chi connectivity index (χ1n) is 14.4. The molecule has 2 aliphatic rings. The smallest absolute Gasteiger partial charge is 0.270 e. The summed E-state index contributed by atoms with van der Waals surface area (Å²) >= 11 is 0. The summed E-state index contributed by atoms with van der Waals surface area (Å²) in [7, 11) is 0. The van der Waals surface area contributed by atoms with Crippen molar-refractivity contribution in [2.24, 2.45) is 0 Å². The maximum Gasteiger partial charge on any atom is 0.270 e. The minimum absolute atomic E-state index is 0.0367. The molecule has 3 aromatic rings. The second kappa shape index (κ2) is 11.9. The van der Waals surface area contributed by atoms with E-state index in [9.17, 15) is 13.6 Å². The van der Waals surface area contributed by atoms with Crippen molar-refractivity contribution in [1.82, 2.24) is 0 Å². The summed E-state index contributed by atoms with van der Waals surface area (Å²) < 4.78 is 28.8. The summed E-state index contributed by atoms with van der Waals surface area (Å²) in [6.45, 7) is 3.06. The van der Waals surface area contributed by atoms with Gasteiger partial charge in [0.25, 0.3) is 5.92 Å². The minimum atomic E-state index is -2.93. The summed E-state index contributed by atoms with van der Waals surface area (Å²) in [6, 6.07) is 20.3. The molecule has 0 spiro atoms. The van der Waals surface area contributed by atoms with Gasteiger partial charge in [-0.2, -0.15) is 0 Å². The fraction of sp³-hybridized carbons (Fsp3) is 0.400. The third kappa shape index (κ3) is 6.66. The molecule has 0 bridgehead atoms. The number of ketones is 1. The van der Waals surface area contributed by atoms with Crippen LogP contribution in [-0.4, -0.2) is 11.8 Å². The molecule has 5 rings (SSSR count). The standard InChI is InChI=1S/C35H39F2NO/c1-24-27(21-25-13-18-31(19-14-25)38-30-10-5-3-4-6-11-30)16-15-26-17-20-32(39)23-29(34(24)26)22-28-9-7-8-12-33(28)35(2,36)37/h7-9,12-20,29-30,38H,3-6,10-11,21-23H2,1-2H3. The van der Waals surface area contributed by atoms with Gasteiger partial charge in [0.15, 0.2) is 5.78 Å². The lowest BCUT2D eigenvalue weighted by molar-refractivity contribution is -0.114. The molecule has 1 unspecified atom stereocenters. The molecule has 0 heterocycles. The van der Waals surface area contributed by atoms with Crippen molar-refractivity contribution in [2.45, 2.75) is 89.5 Å². The zero-order chi connectivity index (χ0) is 27.4. The first kappa shape index (κ1) is 27.3. The summed E-state index contributed by atoms with van der Waals surface area (Å²) in [5, 5.41) is 3.73. The normalized spacial score (nSPS) is 18.4. The van der Waals surface area contributed by atoms with Crippen molar-refractivity contribution in [1.29, 1.82) is 0 Å². The van der Waals surface area contributed by atoms with Crippen LogP contribution in [0.25, 0.3) is 6.08 Å². The van der Waals surface area contributed by atoms with Gasteiger partial charge in [0.1, 0.15) is 0 Å². The fourth-order valence-electron chi connectivity index (χ4n) is 6.43. The molecule has 3 aromatic carbocycles. The lowest BCUT2D eigenvalue weighted by Gasteiger charge is -2.24. The molecule has 0 saturated heterocycles. The van der Waals surface area contributed by atoms with Crippen molar-refractivity contribution >= 4 is 17.5 Å². The highest BCUT2D eigenvalue weighted by molar-refractivity contribution is 5.95. The molecular weight excluding hydrogens is 488 g/mol. The van der Waals surface area contributed by atoms with Gasteiger partial charge in [-0.05, 0) is 90.1 Å². The molecule has 2 nitrogen and oxygen atoms in total. The quantitative estimate of drug-likeness (QED) is 0.310. The van der Waals surface area contributed by atoms with Gasteiger partial charge in [-0.15, -0.1) is 0 Å². The fourth-order valence-corrected chi connectivity index (χ4v) is 6.43. The SMILES string of the molecule is Cc1c(Cc2ccc(NC3CCCCCC3)cc2)ccc2c1C(Cc1ccccc1C(C)(F)F)CC(=O)C=C2. The Morgan fingerprint density at radius 1 is 0.872 bits per heavy atom. The minimum Gasteiger partial charge on any atom is -0.382 e. The van der Waals surface area contributed by atoms with Crippen LogP contribution in [0.4, 0.5) is 14.5 Å². The van der Waals surface area contributed by atoms with Crippen LogP contribution in [0.3, 0.4) is 0 Å². The summed E-state index contributed by atoms with van der Waals surface area (Å²) in [5.74, 6) is -3.05. The van der Waals surface area contributed by atoms with Crippen LogP contribution in [0.2, 0.25) is 0 Å². The van der Waals surface area contributed by atoms with Crippen LogP contribution in [0, 0.1) is 6.92 Å². The number of halogens is 2. The highest BCUT2D eigenvalue weighted by Crippen LogP contribution is 2.38.